The normalized spacial score (nSPS) is 11.7. The summed E-state index contributed by atoms with van der Waals surface area (Å²) in [6.45, 7) is 5.28. The Bertz CT molecular complexity index is 1020. The van der Waals surface area contributed by atoms with Crippen molar-refractivity contribution >= 4 is 29.3 Å². The van der Waals surface area contributed by atoms with Gasteiger partial charge in [0.1, 0.15) is 10.8 Å². The Hall–Kier alpha value is -3.13. The number of nitrogens with zero attached hydrogens (tertiary/aromatic N) is 2. The van der Waals surface area contributed by atoms with Gasteiger partial charge in [0.25, 0.3) is 5.91 Å². The zero-order chi connectivity index (χ0) is 20.8. The zero-order valence-electron chi connectivity index (χ0n) is 16.3. The van der Waals surface area contributed by atoms with Crippen LogP contribution in [0.15, 0.2) is 58.2 Å². The monoisotopic (exact) mass is 411 g/mol. The van der Waals surface area contributed by atoms with Gasteiger partial charge >= 0.3 is 5.97 Å². The molecule has 3 rings (SSSR count). The van der Waals surface area contributed by atoms with E-state index < -0.39 is 18.0 Å². The number of hydrogen-bond acceptors (Lipinski definition) is 7. The van der Waals surface area contributed by atoms with Gasteiger partial charge in [-0.15, -0.1) is 0 Å². The maximum absolute atomic E-state index is 12.6. The first kappa shape index (κ1) is 20.6. The molecule has 1 amide bonds. The van der Waals surface area contributed by atoms with Crippen LogP contribution in [0.3, 0.4) is 0 Å². The second-order valence-corrected chi connectivity index (χ2v) is 7.44. The Morgan fingerprint density at radius 1 is 1.21 bits per heavy atom. The van der Waals surface area contributed by atoms with Gasteiger partial charge in [-0.3, -0.25) is 4.79 Å². The molecule has 3 aromatic rings. The summed E-state index contributed by atoms with van der Waals surface area (Å²) in [7, 11) is 0. The predicted molar refractivity (Wildman–Crippen MR) is 110 cm³/mol. The van der Waals surface area contributed by atoms with Crippen LogP contribution in [0, 0.1) is 13.8 Å². The van der Waals surface area contributed by atoms with Crippen molar-refractivity contribution in [2.24, 2.45) is 0 Å². The number of benzene rings is 1. The van der Waals surface area contributed by atoms with E-state index in [1.165, 1.54) is 18.7 Å². The molecule has 8 heteroatoms. The van der Waals surface area contributed by atoms with E-state index in [2.05, 4.69) is 15.5 Å². The molecule has 1 atom stereocenters. The molecule has 0 aliphatic rings. The van der Waals surface area contributed by atoms with Gasteiger partial charge in [0, 0.05) is 23.7 Å². The number of hydrogen-bond donors (Lipinski definition) is 1. The number of carbonyl (C=O) groups is 2. The molecule has 0 saturated carbocycles. The smallest absolute Gasteiger partial charge is 0.341 e. The predicted octanol–water partition coefficient (Wildman–Crippen LogP) is 4.16. The number of ether oxygens (including phenoxy) is 1. The molecule has 0 fully saturated rings. The van der Waals surface area contributed by atoms with Crippen molar-refractivity contribution in [3.8, 4) is 0 Å². The largest absolute Gasteiger partial charge is 0.449 e. The van der Waals surface area contributed by atoms with Gasteiger partial charge in [-0.05, 0) is 50.6 Å². The maximum atomic E-state index is 12.6. The van der Waals surface area contributed by atoms with Gasteiger partial charge < -0.3 is 14.6 Å². The first-order valence-electron chi connectivity index (χ1n) is 9.01. The molecule has 150 valence electrons. The fourth-order valence-corrected chi connectivity index (χ4v) is 3.40. The molecule has 29 heavy (non-hydrogen) atoms. The van der Waals surface area contributed by atoms with Crippen molar-refractivity contribution in [3.05, 3.63) is 71.2 Å². The molecular formula is C21H21N3O4S. The zero-order valence-corrected chi connectivity index (χ0v) is 17.2. The van der Waals surface area contributed by atoms with E-state index in [0.29, 0.717) is 22.0 Å². The summed E-state index contributed by atoms with van der Waals surface area (Å²) in [6, 6.07) is 12.5. The van der Waals surface area contributed by atoms with E-state index in [-0.39, 0.29) is 0 Å². The second kappa shape index (κ2) is 9.38. The fourth-order valence-electron chi connectivity index (χ4n) is 2.53. The first-order chi connectivity index (χ1) is 13.9. The van der Waals surface area contributed by atoms with Crippen LogP contribution >= 0.6 is 11.8 Å². The van der Waals surface area contributed by atoms with Gasteiger partial charge in [0.2, 0.25) is 0 Å². The summed E-state index contributed by atoms with van der Waals surface area (Å²) in [6.07, 6.45) is 0.639. The van der Waals surface area contributed by atoms with Crippen molar-refractivity contribution in [1.29, 1.82) is 0 Å². The third-order valence-electron chi connectivity index (χ3n) is 3.96. The standard InChI is InChI=1S/C21H21N3O4S/c1-13-6-4-7-16(10-13)23-19(25)15(3)27-21(26)18-8-5-9-22-20(18)29-12-17-11-14(2)28-24-17/h4-11,15H,12H2,1-3H3,(H,23,25). The highest BCUT2D eigenvalue weighted by Crippen LogP contribution is 2.25. The van der Waals surface area contributed by atoms with Crippen molar-refractivity contribution in [2.75, 3.05) is 5.32 Å². The molecule has 0 spiro atoms. The van der Waals surface area contributed by atoms with Crippen LogP contribution in [-0.2, 0) is 15.3 Å². The number of aryl methyl sites for hydroxylation is 2. The van der Waals surface area contributed by atoms with Crippen LogP contribution in [0.2, 0.25) is 0 Å². The van der Waals surface area contributed by atoms with Crippen LogP contribution in [0.25, 0.3) is 0 Å². The molecule has 0 radical (unpaired) electrons. The molecule has 1 N–H and O–H groups in total. The lowest BCUT2D eigenvalue weighted by molar-refractivity contribution is -0.123. The Morgan fingerprint density at radius 3 is 2.76 bits per heavy atom. The molecule has 0 saturated heterocycles. The van der Waals surface area contributed by atoms with Gasteiger partial charge in [0.15, 0.2) is 6.10 Å². The summed E-state index contributed by atoms with van der Waals surface area (Å²) < 4.78 is 10.4. The summed E-state index contributed by atoms with van der Waals surface area (Å²) >= 11 is 1.35. The highest BCUT2D eigenvalue weighted by Gasteiger charge is 2.22. The van der Waals surface area contributed by atoms with Crippen LogP contribution in [-0.4, -0.2) is 28.1 Å². The Labute approximate surface area is 172 Å². The van der Waals surface area contributed by atoms with E-state index in [1.54, 1.807) is 24.4 Å². The number of pyridine rings is 1. The van der Waals surface area contributed by atoms with Crippen LogP contribution in [0.1, 0.15) is 34.3 Å². The third kappa shape index (κ3) is 5.68. The van der Waals surface area contributed by atoms with Gasteiger partial charge in [-0.25, -0.2) is 9.78 Å². The van der Waals surface area contributed by atoms with Gasteiger partial charge in [-0.1, -0.05) is 29.1 Å². The van der Waals surface area contributed by atoms with E-state index in [9.17, 15) is 9.59 Å². The van der Waals surface area contributed by atoms with E-state index in [1.807, 2.05) is 38.1 Å². The van der Waals surface area contributed by atoms with Gasteiger partial charge in [0.05, 0.1) is 11.3 Å². The lowest BCUT2D eigenvalue weighted by atomic mass is 10.2. The highest BCUT2D eigenvalue weighted by atomic mass is 32.2. The van der Waals surface area contributed by atoms with Crippen LogP contribution in [0.4, 0.5) is 5.69 Å². The number of esters is 1. The molecule has 0 bridgehead atoms. The molecule has 1 aromatic carbocycles. The number of carbonyl (C=O) groups excluding carboxylic acids is 2. The molecule has 7 nitrogen and oxygen atoms in total. The second-order valence-electron chi connectivity index (χ2n) is 6.48. The number of anilines is 1. The van der Waals surface area contributed by atoms with E-state index in [0.717, 1.165) is 17.0 Å². The minimum atomic E-state index is -0.959. The summed E-state index contributed by atoms with van der Waals surface area (Å²) in [5.74, 6) is 0.205. The third-order valence-corrected chi connectivity index (χ3v) is 5.00. The lowest BCUT2D eigenvalue weighted by Crippen LogP contribution is -2.30. The minimum Gasteiger partial charge on any atom is -0.449 e. The summed E-state index contributed by atoms with van der Waals surface area (Å²) in [5, 5.41) is 7.18. The molecule has 0 aliphatic heterocycles. The lowest BCUT2D eigenvalue weighted by Gasteiger charge is -2.14. The first-order valence-corrected chi connectivity index (χ1v) is 9.99. The minimum absolute atomic E-state index is 0.299. The highest BCUT2D eigenvalue weighted by molar-refractivity contribution is 7.98. The Kier molecular flexibility index (Phi) is 6.66. The van der Waals surface area contributed by atoms with Crippen molar-refractivity contribution in [3.63, 3.8) is 0 Å². The fraction of sp³-hybridized carbons (Fsp3) is 0.238. The average Bonchev–Trinajstić information content (AvgIpc) is 3.11. The molecule has 1 unspecified atom stereocenters. The van der Waals surface area contributed by atoms with Crippen molar-refractivity contribution < 1.29 is 18.8 Å². The van der Waals surface area contributed by atoms with Gasteiger partial charge in [-0.2, -0.15) is 0 Å². The maximum Gasteiger partial charge on any atom is 0.341 e. The Balaban J connectivity index is 1.63. The molecule has 0 aliphatic carbocycles. The quantitative estimate of drug-likeness (QED) is 0.461. The number of aromatic nitrogens is 2. The average molecular weight is 411 g/mol. The molecule has 2 heterocycles. The summed E-state index contributed by atoms with van der Waals surface area (Å²) in [4.78, 5) is 29.2. The number of nitrogens with one attached hydrogen (secondary N) is 1. The Morgan fingerprint density at radius 2 is 2.03 bits per heavy atom. The van der Waals surface area contributed by atoms with Crippen LogP contribution < -0.4 is 5.32 Å². The summed E-state index contributed by atoms with van der Waals surface area (Å²) in [5.41, 5.74) is 2.72. The molecule has 2 aromatic heterocycles. The number of amides is 1. The van der Waals surface area contributed by atoms with Crippen molar-refractivity contribution in [2.45, 2.75) is 37.7 Å². The molecular weight excluding hydrogens is 390 g/mol. The van der Waals surface area contributed by atoms with Crippen LogP contribution in [0.5, 0.6) is 0 Å². The van der Waals surface area contributed by atoms with Crippen molar-refractivity contribution in [1.82, 2.24) is 10.1 Å². The van der Waals surface area contributed by atoms with E-state index in [4.69, 9.17) is 9.26 Å². The SMILES string of the molecule is Cc1cccc(NC(=O)C(C)OC(=O)c2cccnc2SCc2cc(C)on2)c1. The van der Waals surface area contributed by atoms with E-state index >= 15 is 0 Å². The number of thioether (sulfide) groups is 1. The topological polar surface area (TPSA) is 94.3 Å². The number of rotatable bonds is 7.